The molecule has 0 spiro atoms. The van der Waals surface area contributed by atoms with Gasteiger partial charge in [0, 0.05) is 34.9 Å². The first-order chi connectivity index (χ1) is 15.2. The summed E-state index contributed by atoms with van der Waals surface area (Å²) in [6.07, 6.45) is 2.70. The predicted octanol–water partition coefficient (Wildman–Crippen LogP) is 6.79. The molecule has 2 aromatic heterocycles. The molecule has 2 aromatic carbocycles. The second-order valence-electron chi connectivity index (χ2n) is 9.11. The Labute approximate surface area is 193 Å². The molecule has 32 heavy (non-hydrogen) atoms. The van der Waals surface area contributed by atoms with Crippen LogP contribution in [0.5, 0.6) is 5.75 Å². The summed E-state index contributed by atoms with van der Waals surface area (Å²) < 4.78 is 5.61. The molecule has 0 fully saturated rings. The Morgan fingerprint density at radius 2 is 1.81 bits per heavy atom. The number of rotatable bonds is 6. The molecule has 0 amide bonds. The van der Waals surface area contributed by atoms with Crippen molar-refractivity contribution in [2.24, 2.45) is 0 Å². The van der Waals surface area contributed by atoms with Crippen molar-refractivity contribution in [2.45, 2.75) is 46.5 Å². The summed E-state index contributed by atoms with van der Waals surface area (Å²) in [7, 11) is 1.68. The fraction of sp³-hybridized carbons (Fsp3) is 0.308. The summed E-state index contributed by atoms with van der Waals surface area (Å²) >= 11 is 1.69. The maximum absolute atomic E-state index is 5.61. The number of methoxy groups -OCH3 is 1. The number of aromatic amines is 1. The summed E-state index contributed by atoms with van der Waals surface area (Å²) in [6, 6.07) is 14.9. The highest BCUT2D eigenvalue weighted by molar-refractivity contribution is 7.15. The van der Waals surface area contributed by atoms with Crippen LogP contribution in [-0.2, 0) is 11.8 Å². The van der Waals surface area contributed by atoms with Gasteiger partial charge in [0.2, 0.25) is 0 Å². The first-order valence-corrected chi connectivity index (χ1v) is 11.6. The Morgan fingerprint density at radius 1 is 1.06 bits per heavy atom. The van der Waals surface area contributed by atoms with E-state index in [1.54, 1.807) is 18.4 Å². The number of hydrogen-bond donors (Lipinski definition) is 2. The monoisotopic (exact) mass is 446 g/mol. The van der Waals surface area contributed by atoms with Gasteiger partial charge in [-0.15, -0.1) is 11.3 Å². The zero-order valence-corrected chi connectivity index (χ0v) is 20.4. The topological polar surface area (TPSA) is 62.8 Å². The van der Waals surface area contributed by atoms with Gasteiger partial charge in [-0.2, -0.15) is 0 Å². The van der Waals surface area contributed by atoms with Crippen molar-refractivity contribution in [1.82, 2.24) is 15.0 Å². The number of ether oxygens (including phenoxy) is 1. The van der Waals surface area contributed by atoms with Crippen LogP contribution in [0.25, 0.3) is 11.4 Å². The summed E-state index contributed by atoms with van der Waals surface area (Å²) in [5.41, 5.74) is 6.77. The van der Waals surface area contributed by atoms with E-state index < -0.39 is 0 Å². The highest BCUT2D eigenvalue weighted by Gasteiger charge is 2.15. The standard InChI is InChI=1S/C26H30N4OS/c1-16-15-27-24(28-16)21-12-11-20(14-22(21)31-6)30-25-29-17(2)23(32-25)13-18-7-9-19(10-8-18)26(3,4)5/h7-12,14-15H,13H2,1-6H3,(H,27,28)(H,29,30). The molecule has 2 N–H and O–H groups in total. The van der Waals surface area contributed by atoms with Crippen molar-refractivity contribution in [3.8, 4) is 17.1 Å². The van der Waals surface area contributed by atoms with Crippen molar-refractivity contribution in [1.29, 1.82) is 0 Å². The number of imidazole rings is 1. The third-order valence-corrected chi connectivity index (χ3v) is 6.56. The number of aromatic nitrogens is 3. The molecular weight excluding hydrogens is 416 g/mol. The fourth-order valence-electron chi connectivity index (χ4n) is 3.59. The molecule has 4 aromatic rings. The second-order valence-corrected chi connectivity index (χ2v) is 10.2. The van der Waals surface area contributed by atoms with E-state index in [0.29, 0.717) is 0 Å². The van der Waals surface area contributed by atoms with Crippen LogP contribution in [0.4, 0.5) is 10.8 Å². The maximum atomic E-state index is 5.61. The van der Waals surface area contributed by atoms with E-state index in [9.17, 15) is 0 Å². The summed E-state index contributed by atoms with van der Waals surface area (Å²) in [6.45, 7) is 10.8. The van der Waals surface area contributed by atoms with Crippen molar-refractivity contribution in [2.75, 3.05) is 12.4 Å². The van der Waals surface area contributed by atoms with Crippen molar-refractivity contribution in [3.63, 3.8) is 0 Å². The van der Waals surface area contributed by atoms with Crippen LogP contribution < -0.4 is 10.1 Å². The number of anilines is 2. The van der Waals surface area contributed by atoms with Gasteiger partial charge in [0.05, 0.1) is 18.4 Å². The number of nitrogens with one attached hydrogen (secondary N) is 2. The molecule has 5 nitrogen and oxygen atoms in total. The minimum Gasteiger partial charge on any atom is -0.496 e. The minimum absolute atomic E-state index is 0.169. The van der Waals surface area contributed by atoms with Gasteiger partial charge >= 0.3 is 0 Å². The van der Waals surface area contributed by atoms with Gasteiger partial charge in [0.25, 0.3) is 0 Å². The van der Waals surface area contributed by atoms with E-state index in [4.69, 9.17) is 9.72 Å². The molecule has 0 aliphatic heterocycles. The Bertz CT molecular complexity index is 1220. The lowest BCUT2D eigenvalue weighted by molar-refractivity contribution is 0.416. The third-order valence-electron chi connectivity index (χ3n) is 5.49. The zero-order chi connectivity index (χ0) is 22.9. The summed E-state index contributed by atoms with van der Waals surface area (Å²) in [5.74, 6) is 1.56. The SMILES string of the molecule is COc1cc(Nc2nc(C)c(Cc3ccc(C(C)(C)C)cc3)s2)ccc1-c1ncc(C)[nH]1. The van der Waals surface area contributed by atoms with E-state index in [1.807, 2.05) is 31.3 Å². The van der Waals surface area contributed by atoms with E-state index in [2.05, 4.69) is 67.2 Å². The number of H-pyrrole nitrogens is 1. The smallest absolute Gasteiger partial charge is 0.187 e. The normalized spacial score (nSPS) is 11.6. The van der Waals surface area contributed by atoms with Gasteiger partial charge in [0.15, 0.2) is 5.13 Å². The van der Waals surface area contributed by atoms with Crippen LogP contribution in [0.1, 0.15) is 48.2 Å². The number of aryl methyl sites for hydroxylation is 2. The van der Waals surface area contributed by atoms with Crippen molar-refractivity contribution >= 4 is 22.2 Å². The van der Waals surface area contributed by atoms with Crippen LogP contribution in [0.2, 0.25) is 0 Å². The summed E-state index contributed by atoms with van der Waals surface area (Å²) in [5, 5.41) is 4.32. The lowest BCUT2D eigenvalue weighted by atomic mass is 9.86. The molecular formula is C26H30N4OS. The van der Waals surface area contributed by atoms with Crippen molar-refractivity contribution < 1.29 is 4.74 Å². The van der Waals surface area contributed by atoms with Gasteiger partial charge in [-0.3, -0.25) is 0 Å². The third kappa shape index (κ3) is 4.86. The van der Waals surface area contributed by atoms with E-state index in [-0.39, 0.29) is 5.41 Å². The van der Waals surface area contributed by atoms with E-state index in [0.717, 1.165) is 45.8 Å². The highest BCUT2D eigenvalue weighted by Crippen LogP contribution is 2.34. The minimum atomic E-state index is 0.169. The van der Waals surface area contributed by atoms with Crippen molar-refractivity contribution in [3.05, 3.63) is 76.1 Å². The molecule has 0 saturated heterocycles. The molecule has 6 heteroatoms. The Hall–Kier alpha value is -3.12. The van der Waals surface area contributed by atoms with Gasteiger partial charge in [-0.25, -0.2) is 9.97 Å². The van der Waals surface area contributed by atoms with Gasteiger partial charge in [-0.05, 0) is 42.5 Å². The molecule has 0 bridgehead atoms. The number of nitrogens with zero attached hydrogens (tertiary/aromatic N) is 2. The average Bonchev–Trinajstić information content (AvgIpc) is 3.33. The highest BCUT2D eigenvalue weighted by atomic mass is 32.1. The second kappa shape index (κ2) is 8.79. The maximum Gasteiger partial charge on any atom is 0.187 e. The molecule has 4 rings (SSSR count). The van der Waals surface area contributed by atoms with Gasteiger partial charge in [-0.1, -0.05) is 45.0 Å². The lowest BCUT2D eigenvalue weighted by Gasteiger charge is -2.19. The Balaban J connectivity index is 1.51. The first kappa shape index (κ1) is 22.1. The molecule has 0 aliphatic carbocycles. The Kier molecular flexibility index (Phi) is 6.07. The van der Waals surface area contributed by atoms with Crippen LogP contribution >= 0.6 is 11.3 Å². The van der Waals surface area contributed by atoms with E-state index in [1.165, 1.54) is 16.0 Å². The van der Waals surface area contributed by atoms with Crippen LogP contribution in [0.15, 0.2) is 48.7 Å². The fourth-order valence-corrected chi connectivity index (χ4v) is 4.61. The Morgan fingerprint density at radius 3 is 2.44 bits per heavy atom. The lowest BCUT2D eigenvalue weighted by Crippen LogP contribution is -2.10. The average molecular weight is 447 g/mol. The van der Waals surface area contributed by atoms with Crippen LogP contribution in [-0.4, -0.2) is 22.1 Å². The molecule has 0 radical (unpaired) electrons. The molecule has 166 valence electrons. The molecule has 2 heterocycles. The summed E-state index contributed by atoms with van der Waals surface area (Å²) in [4.78, 5) is 13.7. The zero-order valence-electron chi connectivity index (χ0n) is 19.5. The van der Waals surface area contributed by atoms with Crippen LogP contribution in [0.3, 0.4) is 0 Å². The quantitative estimate of drug-likeness (QED) is 0.342. The number of benzene rings is 2. The van der Waals surface area contributed by atoms with E-state index >= 15 is 0 Å². The van der Waals surface area contributed by atoms with Crippen LogP contribution in [0, 0.1) is 13.8 Å². The van der Waals surface area contributed by atoms with Gasteiger partial charge < -0.3 is 15.0 Å². The first-order valence-electron chi connectivity index (χ1n) is 10.8. The molecule has 0 aliphatic rings. The molecule has 0 saturated carbocycles. The largest absolute Gasteiger partial charge is 0.496 e. The molecule has 0 unspecified atom stereocenters. The molecule has 0 atom stereocenters. The van der Waals surface area contributed by atoms with Gasteiger partial charge in [0.1, 0.15) is 11.6 Å². The predicted molar refractivity (Wildman–Crippen MR) is 133 cm³/mol. The number of thiazole rings is 1. The number of hydrogen-bond acceptors (Lipinski definition) is 5.